The van der Waals surface area contributed by atoms with Crippen molar-refractivity contribution in [2.24, 2.45) is 0 Å². The number of carbonyl (C=O) groups is 2. The number of anilines is 1. The quantitative estimate of drug-likeness (QED) is 0.673. The Balaban J connectivity index is 1.55. The number of urea groups is 1. The lowest BCUT2D eigenvalue weighted by molar-refractivity contribution is 0.0959. The van der Waals surface area contributed by atoms with E-state index in [0.29, 0.717) is 18.0 Å². The Labute approximate surface area is 157 Å². The molecule has 3 aromatic rings. The van der Waals surface area contributed by atoms with Gasteiger partial charge in [0.25, 0.3) is 5.91 Å². The molecule has 1 aromatic heterocycles. The van der Waals surface area contributed by atoms with Crippen LogP contribution in [-0.2, 0) is 6.61 Å². The Kier molecular flexibility index (Phi) is 5.77. The maximum absolute atomic E-state index is 13.6. The zero-order chi connectivity index (χ0) is 19.2. The van der Waals surface area contributed by atoms with Crippen molar-refractivity contribution in [1.82, 2.24) is 5.32 Å². The average Bonchev–Trinajstić information content (AvgIpc) is 3.14. The Morgan fingerprint density at radius 3 is 2.30 bits per heavy atom. The van der Waals surface area contributed by atoms with E-state index in [1.165, 1.54) is 0 Å². The number of amides is 3. The first-order valence-electron chi connectivity index (χ1n) is 7.84. The van der Waals surface area contributed by atoms with E-state index in [-0.39, 0.29) is 0 Å². The number of thiophene rings is 1. The number of benzene rings is 2. The number of rotatable bonds is 5. The summed E-state index contributed by atoms with van der Waals surface area (Å²) in [5.41, 5.74) is -0.428. The predicted octanol–water partition coefficient (Wildman–Crippen LogP) is 4.57. The number of carbonyl (C=O) groups excluding carboxylic acids is 2. The SMILES string of the molecule is O=C(NC(=O)c1c(F)cccc1F)Nc1ccc(OCc2cccs2)cc1. The van der Waals surface area contributed by atoms with Crippen LogP contribution in [0.1, 0.15) is 15.2 Å². The smallest absolute Gasteiger partial charge is 0.326 e. The van der Waals surface area contributed by atoms with Crippen molar-refractivity contribution >= 4 is 29.0 Å². The third-order valence-electron chi connectivity index (χ3n) is 3.49. The lowest BCUT2D eigenvalue weighted by Crippen LogP contribution is -2.35. The van der Waals surface area contributed by atoms with E-state index in [1.807, 2.05) is 22.8 Å². The Morgan fingerprint density at radius 2 is 1.67 bits per heavy atom. The largest absolute Gasteiger partial charge is 0.488 e. The van der Waals surface area contributed by atoms with Crippen LogP contribution in [0.3, 0.4) is 0 Å². The maximum atomic E-state index is 13.6. The van der Waals surface area contributed by atoms with Crippen molar-refractivity contribution in [2.75, 3.05) is 5.32 Å². The molecule has 2 N–H and O–H groups in total. The van der Waals surface area contributed by atoms with Crippen LogP contribution in [0.4, 0.5) is 19.3 Å². The molecule has 138 valence electrons. The second-order valence-electron chi connectivity index (χ2n) is 5.40. The zero-order valence-electron chi connectivity index (χ0n) is 13.9. The minimum atomic E-state index is -1.17. The number of halogens is 2. The van der Waals surface area contributed by atoms with E-state index < -0.39 is 29.1 Å². The fourth-order valence-electron chi connectivity index (χ4n) is 2.23. The molecular weight excluding hydrogens is 374 g/mol. The highest BCUT2D eigenvalue weighted by molar-refractivity contribution is 7.09. The van der Waals surface area contributed by atoms with Crippen LogP contribution < -0.4 is 15.4 Å². The molecule has 0 fully saturated rings. The summed E-state index contributed by atoms with van der Waals surface area (Å²) in [7, 11) is 0. The molecule has 0 atom stereocenters. The van der Waals surface area contributed by atoms with Crippen LogP contribution in [0.25, 0.3) is 0 Å². The normalized spacial score (nSPS) is 10.3. The number of ether oxygens (including phenoxy) is 1. The van der Waals surface area contributed by atoms with Gasteiger partial charge in [-0.2, -0.15) is 0 Å². The molecule has 5 nitrogen and oxygen atoms in total. The topological polar surface area (TPSA) is 67.4 Å². The summed E-state index contributed by atoms with van der Waals surface area (Å²) in [6.07, 6.45) is 0. The second kappa shape index (κ2) is 8.41. The highest BCUT2D eigenvalue weighted by atomic mass is 32.1. The molecule has 0 saturated heterocycles. The van der Waals surface area contributed by atoms with E-state index in [2.05, 4.69) is 5.32 Å². The molecule has 3 rings (SSSR count). The van der Waals surface area contributed by atoms with E-state index in [0.717, 1.165) is 23.1 Å². The maximum Gasteiger partial charge on any atom is 0.326 e. The van der Waals surface area contributed by atoms with Crippen LogP contribution in [0, 0.1) is 11.6 Å². The molecule has 0 saturated carbocycles. The molecule has 1 heterocycles. The molecule has 0 aliphatic rings. The van der Waals surface area contributed by atoms with Gasteiger partial charge in [-0.3, -0.25) is 10.1 Å². The van der Waals surface area contributed by atoms with Crippen LogP contribution in [0.2, 0.25) is 0 Å². The first kappa shape index (κ1) is 18.5. The van der Waals surface area contributed by atoms with Gasteiger partial charge in [0.05, 0.1) is 0 Å². The molecule has 0 aliphatic carbocycles. The number of hydrogen-bond donors (Lipinski definition) is 2. The summed E-state index contributed by atoms with van der Waals surface area (Å²) in [4.78, 5) is 24.8. The minimum absolute atomic E-state index is 0.387. The van der Waals surface area contributed by atoms with E-state index >= 15 is 0 Å². The Morgan fingerprint density at radius 1 is 0.963 bits per heavy atom. The highest BCUT2D eigenvalue weighted by Crippen LogP contribution is 2.18. The van der Waals surface area contributed by atoms with Crippen LogP contribution in [0.5, 0.6) is 5.75 Å². The van der Waals surface area contributed by atoms with Crippen LogP contribution >= 0.6 is 11.3 Å². The van der Waals surface area contributed by atoms with Gasteiger partial charge in [-0.25, -0.2) is 13.6 Å². The van der Waals surface area contributed by atoms with Gasteiger partial charge >= 0.3 is 6.03 Å². The fourth-order valence-corrected chi connectivity index (χ4v) is 2.84. The standard InChI is InChI=1S/C19H14F2N2O3S/c20-15-4-1-5-16(21)17(15)18(24)23-19(25)22-12-6-8-13(9-7-12)26-11-14-3-2-10-27-14/h1-10H,11H2,(H2,22,23,24,25). The van der Waals surface area contributed by atoms with Gasteiger partial charge in [-0.1, -0.05) is 12.1 Å². The van der Waals surface area contributed by atoms with E-state index in [1.54, 1.807) is 35.6 Å². The predicted molar refractivity (Wildman–Crippen MR) is 97.9 cm³/mol. The monoisotopic (exact) mass is 388 g/mol. The molecule has 2 aromatic carbocycles. The van der Waals surface area contributed by atoms with Crippen molar-refractivity contribution in [3.05, 3.63) is 82.1 Å². The van der Waals surface area contributed by atoms with Gasteiger partial charge < -0.3 is 10.1 Å². The van der Waals surface area contributed by atoms with Crippen LogP contribution in [-0.4, -0.2) is 11.9 Å². The number of imide groups is 1. The summed E-state index contributed by atoms with van der Waals surface area (Å²) in [6, 6.07) is 12.5. The summed E-state index contributed by atoms with van der Waals surface area (Å²) in [5.74, 6) is -2.65. The summed E-state index contributed by atoms with van der Waals surface area (Å²) >= 11 is 1.58. The highest BCUT2D eigenvalue weighted by Gasteiger charge is 2.19. The summed E-state index contributed by atoms with van der Waals surface area (Å²) < 4.78 is 32.7. The second-order valence-corrected chi connectivity index (χ2v) is 6.43. The molecule has 0 radical (unpaired) electrons. The number of hydrogen-bond acceptors (Lipinski definition) is 4. The van der Waals surface area contributed by atoms with Crippen molar-refractivity contribution in [3.8, 4) is 5.75 Å². The summed E-state index contributed by atoms with van der Waals surface area (Å²) in [5, 5.41) is 6.25. The van der Waals surface area contributed by atoms with Crippen molar-refractivity contribution in [1.29, 1.82) is 0 Å². The van der Waals surface area contributed by atoms with Gasteiger partial charge in [0, 0.05) is 10.6 Å². The average molecular weight is 388 g/mol. The molecule has 8 heteroatoms. The van der Waals surface area contributed by atoms with Crippen molar-refractivity contribution in [3.63, 3.8) is 0 Å². The molecular formula is C19H14F2N2O3S. The van der Waals surface area contributed by atoms with Crippen molar-refractivity contribution in [2.45, 2.75) is 6.61 Å². The Bertz CT molecular complexity index is 924. The third kappa shape index (κ3) is 4.89. The molecule has 0 aliphatic heterocycles. The first-order chi connectivity index (χ1) is 13.0. The molecule has 0 unspecified atom stereocenters. The number of nitrogens with one attached hydrogen (secondary N) is 2. The fraction of sp³-hybridized carbons (Fsp3) is 0.0526. The first-order valence-corrected chi connectivity index (χ1v) is 8.72. The zero-order valence-corrected chi connectivity index (χ0v) is 14.7. The third-order valence-corrected chi connectivity index (χ3v) is 4.34. The van der Waals surface area contributed by atoms with Gasteiger partial charge in [0.15, 0.2) is 0 Å². The van der Waals surface area contributed by atoms with Gasteiger partial charge in [0.1, 0.15) is 29.6 Å². The molecule has 3 amide bonds. The molecule has 0 spiro atoms. The van der Waals surface area contributed by atoms with Crippen molar-refractivity contribution < 1.29 is 23.1 Å². The van der Waals surface area contributed by atoms with Crippen LogP contribution in [0.15, 0.2) is 60.0 Å². The Hall–Kier alpha value is -3.26. The van der Waals surface area contributed by atoms with E-state index in [4.69, 9.17) is 4.74 Å². The lowest BCUT2D eigenvalue weighted by Gasteiger charge is -2.09. The molecule has 27 heavy (non-hydrogen) atoms. The minimum Gasteiger partial charge on any atom is -0.488 e. The van der Waals surface area contributed by atoms with Gasteiger partial charge in [0.2, 0.25) is 0 Å². The van der Waals surface area contributed by atoms with Gasteiger partial charge in [-0.15, -0.1) is 11.3 Å². The summed E-state index contributed by atoms with van der Waals surface area (Å²) in [6.45, 7) is 0.438. The lowest BCUT2D eigenvalue weighted by atomic mass is 10.2. The molecule has 0 bridgehead atoms. The van der Waals surface area contributed by atoms with Gasteiger partial charge in [-0.05, 0) is 47.8 Å². The van der Waals surface area contributed by atoms with E-state index in [9.17, 15) is 18.4 Å².